The van der Waals surface area contributed by atoms with Crippen molar-refractivity contribution in [2.24, 2.45) is 0 Å². The molecule has 5 heteroatoms. The van der Waals surface area contributed by atoms with Crippen LogP contribution >= 0.6 is 0 Å². The quantitative estimate of drug-likeness (QED) is 0.360. The van der Waals surface area contributed by atoms with E-state index in [9.17, 15) is 0 Å². The second-order valence-corrected chi connectivity index (χ2v) is 8.95. The van der Waals surface area contributed by atoms with Gasteiger partial charge in [-0.15, -0.1) is 0 Å². The van der Waals surface area contributed by atoms with E-state index in [1.807, 2.05) is 24.4 Å². The lowest BCUT2D eigenvalue weighted by atomic mass is 9.89. The second kappa shape index (κ2) is 8.00. The third-order valence-corrected chi connectivity index (χ3v) is 6.77. The lowest BCUT2D eigenvalue weighted by Gasteiger charge is -2.20. The molecule has 2 aromatic carbocycles. The molecule has 3 aromatic heterocycles. The number of hydrogen-bond donors (Lipinski definition) is 1. The number of fused-ring (bicyclic) bond motifs is 2. The highest BCUT2D eigenvalue weighted by molar-refractivity contribution is 5.88. The van der Waals surface area contributed by atoms with Crippen molar-refractivity contribution < 1.29 is 0 Å². The summed E-state index contributed by atoms with van der Waals surface area (Å²) < 4.78 is 2.15. The molecule has 5 aromatic rings. The fourth-order valence-electron chi connectivity index (χ4n) is 4.98. The van der Waals surface area contributed by atoms with Crippen molar-refractivity contribution in [2.75, 3.05) is 5.73 Å². The predicted molar refractivity (Wildman–Crippen MR) is 134 cm³/mol. The van der Waals surface area contributed by atoms with Crippen LogP contribution in [0, 0.1) is 13.3 Å². The van der Waals surface area contributed by atoms with Crippen molar-refractivity contribution in [1.82, 2.24) is 19.4 Å². The number of rotatable bonds is 3. The van der Waals surface area contributed by atoms with Gasteiger partial charge in [0.2, 0.25) is 0 Å². The zero-order valence-corrected chi connectivity index (χ0v) is 18.7. The van der Waals surface area contributed by atoms with Crippen molar-refractivity contribution in [2.45, 2.75) is 38.5 Å². The van der Waals surface area contributed by atoms with Crippen LogP contribution in [0.4, 0.5) is 5.82 Å². The van der Waals surface area contributed by atoms with E-state index in [-0.39, 0.29) is 0 Å². The maximum Gasteiger partial charge on any atom is 0.150 e. The highest BCUT2D eigenvalue weighted by Crippen LogP contribution is 2.34. The van der Waals surface area contributed by atoms with Gasteiger partial charge in [0, 0.05) is 28.6 Å². The van der Waals surface area contributed by atoms with E-state index in [1.165, 1.54) is 5.56 Å². The summed E-state index contributed by atoms with van der Waals surface area (Å²) in [5.41, 5.74) is 13.4. The number of nitrogen functional groups attached to an aromatic ring is 1. The van der Waals surface area contributed by atoms with Gasteiger partial charge in [-0.25, -0.2) is 15.0 Å². The summed E-state index contributed by atoms with van der Waals surface area (Å²) in [6.45, 7) is 2.14. The summed E-state index contributed by atoms with van der Waals surface area (Å²) in [4.78, 5) is 14.4. The maximum absolute atomic E-state index is 6.38. The summed E-state index contributed by atoms with van der Waals surface area (Å²) in [6, 6.07) is 18.8. The van der Waals surface area contributed by atoms with Crippen molar-refractivity contribution in [3.63, 3.8) is 0 Å². The molecular weight excluding hydrogens is 406 g/mol. The van der Waals surface area contributed by atoms with E-state index >= 15 is 0 Å². The Morgan fingerprint density at radius 1 is 0.909 bits per heavy atom. The Morgan fingerprint density at radius 2 is 1.73 bits per heavy atom. The summed E-state index contributed by atoms with van der Waals surface area (Å²) in [7, 11) is 0. The SMILES string of the molecule is Cc1cc(-c2ccccc2)nc2cc(-c3cn4c(C5CC[CH]CC5)ncc4c(N)n3)ccc12. The van der Waals surface area contributed by atoms with Gasteiger partial charge < -0.3 is 5.73 Å². The largest absolute Gasteiger partial charge is 0.382 e. The maximum atomic E-state index is 6.38. The Hall–Kier alpha value is -3.73. The van der Waals surface area contributed by atoms with Crippen LogP contribution in [0.15, 0.2) is 67.0 Å². The molecule has 1 radical (unpaired) electrons. The molecule has 0 saturated heterocycles. The van der Waals surface area contributed by atoms with Gasteiger partial charge in [0.05, 0.1) is 23.1 Å². The number of nitrogens with two attached hydrogens (primary N) is 1. The molecule has 33 heavy (non-hydrogen) atoms. The summed E-state index contributed by atoms with van der Waals surface area (Å²) in [5, 5.41) is 1.15. The van der Waals surface area contributed by atoms with Crippen LogP contribution in [0.2, 0.25) is 0 Å². The molecule has 163 valence electrons. The topological polar surface area (TPSA) is 69.1 Å². The van der Waals surface area contributed by atoms with E-state index in [4.69, 9.17) is 20.7 Å². The summed E-state index contributed by atoms with van der Waals surface area (Å²) in [6.07, 6.45) is 10.9. The molecule has 2 N–H and O–H groups in total. The highest BCUT2D eigenvalue weighted by atomic mass is 15.1. The first-order valence-corrected chi connectivity index (χ1v) is 11.6. The van der Waals surface area contributed by atoms with Gasteiger partial charge in [-0.3, -0.25) is 4.40 Å². The van der Waals surface area contributed by atoms with E-state index in [2.05, 4.69) is 60.3 Å². The van der Waals surface area contributed by atoms with E-state index in [1.54, 1.807) is 0 Å². The monoisotopic (exact) mass is 432 g/mol. The lowest BCUT2D eigenvalue weighted by Crippen LogP contribution is -2.10. The number of aromatic nitrogens is 4. The molecule has 1 aliphatic rings. The molecule has 1 saturated carbocycles. The van der Waals surface area contributed by atoms with Gasteiger partial charge in [0.25, 0.3) is 0 Å². The minimum atomic E-state index is 0.460. The Bertz CT molecular complexity index is 1460. The fraction of sp³-hybridized carbons (Fsp3) is 0.214. The van der Waals surface area contributed by atoms with Crippen molar-refractivity contribution >= 4 is 22.2 Å². The third-order valence-electron chi connectivity index (χ3n) is 6.77. The predicted octanol–water partition coefficient (Wildman–Crippen LogP) is 6.36. The molecule has 0 atom stereocenters. The second-order valence-electron chi connectivity index (χ2n) is 8.95. The first-order valence-electron chi connectivity index (χ1n) is 11.6. The molecule has 5 nitrogen and oxygen atoms in total. The average molecular weight is 433 g/mol. The minimum Gasteiger partial charge on any atom is -0.382 e. The Labute approximate surface area is 193 Å². The van der Waals surface area contributed by atoms with Crippen molar-refractivity contribution in [1.29, 1.82) is 0 Å². The number of imidazole rings is 1. The van der Waals surface area contributed by atoms with E-state index in [0.29, 0.717) is 11.7 Å². The Kier molecular flexibility index (Phi) is 4.83. The minimum absolute atomic E-state index is 0.460. The fourth-order valence-corrected chi connectivity index (χ4v) is 4.98. The lowest BCUT2D eigenvalue weighted by molar-refractivity contribution is 0.489. The molecule has 0 bridgehead atoms. The molecule has 1 fully saturated rings. The van der Waals surface area contributed by atoms with Gasteiger partial charge in [-0.1, -0.05) is 42.5 Å². The highest BCUT2D eigenvalue weighted by Gasteiger charge is 2.21. The van der Waals surface area contributed by atoms with Gasteiger partial charge in [-0.05, 0) is 56.7 Å². The number of hydrogen-bond acceptors (Lipinski definition) is 4. The van der Waals surface area contributed by atoms with Gasteiger partial charge in [-0.2, -0.15) is 0 Å². The Morgan fingerprint density at radius 3 is 2.55 bits per heavy atom. The number of pyridine rings is 1. The molecular formula is C28H26N5. The molecule has 0 unspecified atom stereocenters. The number of benzene rings is 2. The van der Waals surface area contributed by atoms with Crippen molar-refractivity contribution in [3.8, 4) is 22.5 Å². The van der Waals surface area contributed by atoms with Crippen LogP contribution in [-0.4, -0.2) is 19.4 Å². The molecule has 3 heterocycles. The normalized spacial score (nSPS) is 14.8. The standard InChI is InChI=1S/C28H26N5/c1-18-14-23(19-8-4-2-5-9-19)31-24-15-21(12-13-22(18)24)25-17-33-26(27(29)32-25)16-30-28(33)20-10-6-3-7-11-20/h2-5,8-9,12-17,20H,6-7,10-11H2,1H3,(H2,29,32). The third kappa shape index (κ3) is 3.54. The van der Waals surface area contributed by atoms with Gasteiger partial charge in [0.1, 0.15) is 17.2 Å². The smallest absolute Gasteiger partial charge is 0.150 e. The number of anilines is 1. The molecule has 0 spiro atoms. The number of nitrogens with zero attached hydrogens (tertiary/aromatic N) is 4. The first kappa shape index (κ1) is 19.9. The Balaban J connectivity index is 1.47. The van der Waals surface area contributed by atoms with Crippen LogP contribution in [0.3, 0.4) is 0 Å². The molecule has 0 aliphatic heterocycles. The van der Waals surface area contributed by atoms with Crippen LogP contribution in [0.5, 0.6) is 0 Å². The summed E-state index contributed by atoms with van der Waals surface area (Å²) in [5.74, 6) is 2.06. The van der Waals surface area contributed by atoms with Crippen LogP contribution in [-0.2, 0) is 0 Å². The zero-order chi connectivity index (χ0) is 22.4. The zero-order valence-electron chi connectivity index (χ0n) is 18.7. The van der Waals surface area contributed by atoms with Gasteiger partial charge in [0.15, 0.2) is 0 Å². The van der Waals surface area contributed by atoms with Crippen LogP contribution in [0.25, 0.3) is 38.9 Å². The van der Waals surface area contributed by atoms with Crippen LogP contribution < -0.4 is 5.73 Å². The van der Waals surface area contributed by atoms with E-state index in [0.717, 1.165) is 70.4 Å². The van der Waals surface area contributed by atoms with Crippen LogP contribution in [0.1, 0.15) is 43.0 Å². The van der Waals surface area contributed by atoms with Crippen molar-refractivity contribution in [3.05, 3.63) is 84.8 Å². The number of aryl methyl sites for hydroxylation is 1. The molecule has 6 rings (SSSR count). The summed E-state index contributed by atoms with van der Waals surface area (Å²) >= 11 is 0. The van der Waals surface area contributed by atoms with Gasteiger partial charge >= 0.3 is 0 Å². The average Bonchev–Trinajstić information content (AvgIpc) is 3.29. The molecule has 0 amide bonds. The molecule has 1 aliphatic carbocycles. The van der Waals surface area contributed by atoms with E-state index < -0.39 is 0 Å². The first-order chi connectivity index (χ1) is 16.2.